The molecule has 4 heteroatoms. The molecule has 1 aromatic heterocycles. The predicted octanol–water partition coefficient (Wildman–Crippen LogP) is 5.87. The van der Waals surface area contributed by atoms with Crippen molar-refractivity contribution in [3.63, 3.8) is 0 Å². The number of aryl methyl sites for hydroxylation is 2. The van der Waals surface area contributed by atoms with Gasteiger partial charge in [0.2, 0.25) is 0 Å². The van der Waals surface area contributed by atoms with Crippen molar-refractivity contribution in [2.75, 3.05) is 5.32 Å². The molecule has 132 valence electrons. The normalized spacial score (nSPS) is 15.2. The van der Waals surface area contributed by atoms with Gasteiger partial charge in [0.15, 0.2) is 5.78 Å². The van der Waals surface area contributed by atoms with Gasteiger partial charge in [0, 0.05) is 21.5 Å². The van der Waals surface area contributed by atoms with Crippen molar-refractivity contribution >= 4 is 28.7 Å². The molecule has 1 fully saturated rings. The largest absolute Gasteiger partial charge is 0.322 e. The second kappa shape index (κ2) is 7.52. The number of benzene rings is 1. The minimum atomic E-state index is -0.0762. The first kappa shape index (κ1) is 17.9. The summed E-state index contributed by atoms with van der Waals surface area (Å²) in [6, 6.07) is 5.80. The van der Waals surface area contributed by atoms with Gasteiger partial charge in [-0.2, -0.15) is 0 Å². The molecular weight excluding hydrogens is 330 g/mol. The number of ketones is 1. The van der Waals surface area contributed by atoms with Gasteiger partial charge in [-0.3, -0.25) is 9.59 Å². The van der Waals surface area contributed by atoms with Crippen molar-refractivity contribution in [3.8, 4) is 0 Å². The number of thiophene rings is 1. The highest BCUT2D eigenvalue weighted by Gasteiger charge is 2.19. The van der Waals surface area contributed by atoms with E-state index in [0.29, 0.717) is 5.92 Å². The van der Waals surface area contributed by atoms with Gasteiger partial charge in [-0.1, -0.05) is 19.3 Å². The third-order valence-corrected chi connectivity index (χ3v) is 6.13. The Hall–Kier alpha value is -1.94. The van der Waals surface area contributed by atoms with Gasteiger partial charge >= 0.3 is 0 Å². The summed E-state index contributed by atoms with van der Waals surface area (Å²) < 4.78 is 0. The van der Waals surface area contributed by atoms with E-state index < -0.39 is 0 Å². The van der Waals surface area contributed by atoms with E-state index in [1.54, 1.807) is 18.3 Å². The van der Waals surface area contributed by atoms with Crippen LogP contribution in [0.3, 0.4) is 0 Å². The van der Waals surface area contributed by atoms with E-state index in [-0.39, 0.29) is 11.7 Å². The van der Waals surface area contributed by atoms with Gasteiger partial charge < -0.3 is 5.32 Å². The molecule has 0 spiro atoms. The van der Waals surface area contributed by atoms with Crippen molar-refractivity contribution in [2.45, 2.75) is 58.8 Å². The molecular formula is C21H25NO2S. The molecule has 0 radical (unpaired) electrons. The SMILES string of the molecule is CC(=O)c1c(C)cc(NC(=O)c2csc(C3CCCCC3)c2)cc1C. The summed E-state index contributed by atoms with van der Waals surface area (Å²) in [7, 11) is 0. The van der Waals surface area contributed by atoms with Crippen LogP contribution >= 0.6 is 11.3 Å². The summed E-state index contributed by atoms with van der Waals surface area (Å²) in [6.07, 6.45) is 6.42. The first-order valence-corrected chi connectivity index (χ1v) is 9.85. The number of hydrogen-bond acceptors (Lipinski definition) is 3. The van der Waals surface area contributed by atoms with Crippen LogP contribution < -0.4 is 5.32 Å². The zero-order valence-electron chi connectivity index (χ0n) is 15.1. The Labute approximate surface area is 153 Å². The second-order valence-electron chi connectivity index (χ2n) is 7.07. The lowest BCUT2D eigenvalue weighted by Gasteiger charge is -2.19. The van der Waals surface area contributed by atoms with Crippen LogP contribution in [0, 0.1) is 13.8 Å². The van der Waals surface area contributed by atoms with Crippen molar-refractivity contribution in [3.05, 3.63) is 50.7 Å². The number of rotatable bonds is 4. The Kier molecular flexibility index (Phi) is 5.38. The Morgan fingerprint density at radius 3 is 2.28 bits per heavy atom. The van der Waals surface area contributed by atoms with E-state index in [1.807, 2.05) is 31.4 Å². The van der Waals surface area contributed by atoms with Crippen molar-refractivity contribution in [1.82, 2.24) is 0 Å². The fourth-order valence-electron chi connectivity index (χ4n) is 3.87. The van der Waals surface area contributed by atoms with Crippen LogP contribution in [-0.4, -0.2) is 11.7 Å². The smallest absolute Gasteiger partial charge is 0.256 e. The molecule has 1 aromatic carbocycles. The predicted molar refractivity (Wildman–Crippen MR) is 104 cm³/mol. The number of carbonyl (C=O) groups is 2. The highest BCUT2D eigenvalue weighted by atomic mass is 32.1. The lowest BCUT2D eigenvalue weighted by molar-refractivity contribution is 0.101. The summed E-state index contributed by atoms with van der Waals surface area (Å²) in [6.45, 7) is 5.39. The van der Waals surface area contributed by atoms with Crippen LogP contribution in [0.15, 0.2) is 23.6 Å². The lowest BCUT2D eigenvalue weighted by Crippen LogP contribution is -2.12. The first-order valence-electron chi connectivity index (χ1n) is 8.97. The third kappa shape index (κ3) is 4.01. The zero-order chi connectivity index (χ0) is 18.0. The molecule has 0 saturated heterocycles. The molecule has 3 nitrogen and oxygen atoms in total. The minimum absolute atomic E-state index is 0.0582. The molecule has 0 unspecified atom stereocenters. The maximum Gasteiger partial charge on any atom is 0.256 e. The Morgan fingerprint density at radius 1 is 1.04 bits per heavy atom. The molecule has 1 aliphatic carbocycles. The average molecular weight is 356 g/mol. The highest BCUT2D eigenvalue weighted by Crippen LogP contribution is 2.36. The van der Waals surface area contributed by atoms with Crippen molar-refractivity contribution in [2.24, 2.45) is 0 Å². The molecule has 0 atom stereocenters. The van der Waals surface area contributed by atoms with E-state index in [1.165, 1.54) is 37.0 Å². The summed E-state index contributed by atoms with van der Waals surface area (Å²) in [5, 5.41) is 4.94. The van der Waals surface area contributed by atoms with Crippen molar-refractivity contribution in [1.29, 1.82) is 0 Å². The lowest BCUT2D eigenvalue weighted by atomic mass is 9.88. The Bertz CT molecular complexity index is 777. The van der Waals surface area contributed by atoms with E-state index in [4.69, 9.17) is 0 Å². The minimum Gasteiger partial charge on any atom is -0.322 e. The third-order valence-electron chi connectivity index (χ3n) is 5.03. The average Bonchev–Trinajstić information content (AvgIpc) is 3.04. The first-order chi connectivity index (χ1) is 12.0. The number of nitrogens with one attached hydrogen (secondary N) is 1. The van der Waals surface area contributed by atoms with E-state index in [9.17, 15) is 9.59 Å². The molecule has 1 saturated carbocycles. The number of carbonyl (C=O) groups excluding carboxylic acids is 2. The Balaban J connectivity index is 1.74. The van der Waals surface area contributed by atoms with Crippen LogP contribution in [0.4, 0.5) is 5.69 Å². The molecule has 0 bridgehead atoms. The summed E-state index contributed by atoms with van der Waals surface area (Å²) in [5.41, 5.74) is 4.02. The van der Waals surface area contributed by atoms with Crippen LogP contribution in [0.5, 0.6) is 0 Å². The topological polar surface area (TPSA) is 46.2 Å². The summed E-state index contributed by atoms with van der Waals surface area (Å²) in [4.78, 5) is 25.6. The molecule has 0 aliphatic heterocycles. The van der Waals surface area contributed by atoms with Crippen LogP contribution in [0.2, 0.25) is 0 Å². The van der Waals surface area contributed by atoms with Crippen molar-refractivity contribution < 1.29 is 9.59 Å². The molecule has 1 aliphatic rings. The van der Waals surface area contributed by atoms with Gasteiger partial charge in [0.25, 0.3) is 5.91 Å². The van der Waals surface area contributed by atoms with E-state index >= 15 is 0 Å². The maximum absolute atomic E-state index is 12.6. The van der Waals surface area contributed by atoms with Crippen LogP contribution in [-0.2, 0) is 0 Å². The quantitative estimate of drug-likeness (QED) is 0.697. The fraction of sp³-hybridized carbons (Fsp3) is 0.429. The molecule has 1 amide bonds. The maximum atomic E-state index is 12.6. The van der Waals surface area contributed by atoms with Gasteiger partial charge in [0.05, 0.1) is 5.56 Å². The zero-order valence-corrected chi connectivity index (χ0v) is 16.0. The number of amides is 1. The molecule has 2 aromatic rings. The Morgan fingerprint density at radius 2 is 1.68 bits per heavy atom. The number of Topliss-reactive ketones (excluding diaryl/α,β-unsaturated/α-hetero) is 1. The summed E-state index contributed by atoms with van der Waals surface area (Å²) in [5.74, 6) is 0.607. The highest BCUT2D eigenvalue weighted by molar-refractivity contribution is 7.10. The second-order valence-corrected chi connectivity index (χ2v) is 8.01. The van der Waals surface area contributed by atoms with Crippen LogP contribution in [0.25, 0.3) is 0 Å². The van der Waals surface area contributed by atoms with Crippen LogP contribution in [0.1, 0.15) is 81.7 Å². The molecule has 3 rings (SSSR count). The van der Waals surface area contributed by atoms with Gasteiger partial charge in [0.1, 0.15) is 0 Å². The van der Waals surface area contributed by atoms with E-state index in [0.717, 1.165) is 27.9 Å². The summed E-state index contributed by atoms with van der Waals surface area (Å²) >= 11 is 1.70. The monoisotopic (exact) mass is 355 g/mol. The molecule has 1 heterocycles. The molecule has 1 N–H and O–H groups in total. The van der Waals surface area contributed by atoms with Gasteiger partial charge in [-0.15, -0.1) is 11.3 Å². The number of hydrogen-bond donors (Lipinski definition) is 1. The van der Waals surface area contributed by atoms with E-state index in [2.05, 4.69) is 11.4 Å². The van der Waals surface area contributed by atoms with Gasteiger partial charge in [-0.05, 0) is 68.9 Å². The standard InChI is InChI=1S/C21H25NO2S/c1-13-9-18(10-14(2)20(13)15(3)23)22-21(24)17-11-19(25-12-17)16-7-5-4-6-8-16/h9-12,16H,4-8H2,1-3H3,(H,22,24). The molecule has 25 heavy (non-hydrogen) atoms. The number of anilines is 1. The fourth-order valence-corrected chi connectivity index (χ4v) is 4.93. The van der Waals surface area contributed by atoms with Gasteiger partial charge in [-0.25, -0.2) is 0 Å².